The molecular weight excluding hydrogens is 333 g/mol. The number of nitrogens with one attached hydrogen (secondary N) is 2. The summed E-state index contributed by atoms with van der Waals surface area (Å²) in [6.07, 6.45) is 8.11. The third-order valence-corrected chi connectivity index (χ3v) is 4.28. The van der Waals surface area contributed by atoms with Crippen LogP contribution in [0.15, 0.2) is 36.7 Å². The molecule has 1 aliphatic carbocycles. The molecule has 0 atom stereocenters. The summed E-state index contributed by atoms with van der Waals surface area (Å²) in [5.74, 6) is -0.245. The minimum absolute atomic E-state index is 0.245. The molecule has 3 rings (SSSR count). The minimum Gasteiger partial charge on any atom is -0.381 e. The number of carbonyl (C=O) groups excluding carboxylic acids is 1. The summed E-state index contributed by atoms with van der Waals surface area (Å²) in [7, 11) is 0. The van der Waals surface area contributed by atoms with Gasteiger partial charge in [0.1, 0.15) is 0 Å². The van der Waals surface area contributed by atoms with E-state index in [1.165, 1.54) is 12.8 Å². The first-order valence-electron chi connectivity index (χ1n) is 7.59. The van der Waals surface area contributed by atoms with Gasteiger partial charge in [-0.15, -0.1) is 0 Å². The van der Waals surface area contributed by atoms with Gasteiger partial charge in [-0.1, -0.05) is 36.0 Å². The van der Waals surface area contributed by atoms with Crippen molar-refractivity contribution in [1.29, 1.82) is 0 Å². The van der Waals surface area contributed by atoms with Gasteiger partial charge in [0.15, 0.2) is 0 Å². The van der Waals surface area contributed by atoms with Gasteiger partial charge in [-0.25, -0.2) is 0 Å². The monoisotopic (exact) mass is 349 g/mol. The predicted molar refractivity (Wildman–Crippen MR) is 94.5 cm³/mol. The molecule has 0 spiro atoms. The van der Waals surface area contributed by atoms with Crippen molar-refractivity contribution < 1.29 is 4.79 Å². The molecule has 23 heavy (non-hydrogen) atoms. The second-order valence-electron chi connectivity index (χ2n) is 5.70. The van der Waals surface area contributed by atoms with Crippen molar-refractivity contribution in [3.8, 4) is 0 Å². The lowest BCUT2D eigenvalue weighted by molar-refractivity contribution is 0.102. The van der Waals surface area contributed by atoms with Crippen molar-refractivity contribution in [3.05, 3.63) is 52.3 Å². The number of carbonyl (C=O) groups is 1. The number of halogens is 2. The van der Waals surface area contributed by atoms with E-state index >= 15 is 0 Å². The van der Waals surface area contributed by atoms with Crippen LogP contribution in [0.5, 0.6) is 0 Å². The Bertz CT molecular complexity index is 694. The second kappa shape index (κ2) is 7.20. The maximum Gasteiger partial charge on any atom is 0.257 e. The number of aromatic nitrogens is 1. The average Bonchev–Trinajstić information content (AvgIpc) is 2.99. The number of nitrogens with zero attached hydrogens (tertiary/aromatic N) is 1. The molecule has 120 valence electrons. The molecule has 1 saturated carbocycles. The Morgan fingerprint density at radius 3 is 2.39 bits per heavy atom. The number of amides is 1. The number of rotatable bonds is 4. The van der Waals surface area contributed by atoms with Crippen molar-refractivity contribution in [2.24, 2.45) is 0 Å². The summed E-state index contributed by atoms with van der Waals surface area (Å²) in [5, 5.41) is 7.17. The first-order chi connectivity index (χ1) is 11.1. The predicted octanol–water partition coefficient (Wildman–Crippen LogP) is 5.00. The van der Waals surface area contributed by atoms with Gasteiger partial charge in [-0.2, -0.15) is 0 Å². The smallest absolute Gasteiger partial charge is 0.257 e. The number of hydrogen-bond acceptors (Lipinski definition) is 3. The van der Waals surface area contributed by atoms with Crippen LogP contribution in [-0.4, -0.2) is 16.9 Å². The number of pyridine rings is 1. The van der Waals surface area contributed by atoms with Crippen molar-refractivity contribution in [1.82, 2.24) is 4.98 Å². The van der Waals surface area contributed by atoms with Gasteiger partial charge in [-0.05, 0) is 37.1 Å². The molecule has 1 aromatic carbocycles. The van der Waals surface area contributed by atoms with Gasteiger partial charge in [-0.3, -0.25) is 9.78 Å². The molecule has 0 aliphatic heterocycles. The van der Waals surface area contributed by atoms with E-state index in [2.05, 4.69) is 15.6 Å². The van der Waals surface area contributed by atoms with Gasteiger partial charge < -0.3 is 10.6 Å². The highest BCUT2D eigenvalue weighted by molar-refractivity contribution is 6.35. The fourth-order valence-electron chi connectivity index (χ4n) is 2.78. The second-order valence-corrected chi connectivity index (χ2v) is 6.57. The van der Waals surface area contributed by atoms with Crippen LogP contribution in [0.4, 0.5) is 11.4 Å². The minimum atomic E-state index is -0.245. The van der Waals surface area contributed by atoms with E-state index in [-0.39, 0.29) is 5.91 Å². The van der Waals surface area contributed by atoms with Gasteiger partial charge in [0.05, 0.1) is 11.3 Å². The van der Waals surface area contributed by atoms with Crippen LogP contribution in [0.2, 0.25) is 10.0 Å². The van der Waals surface area contributed by atoms with E-state index in [0.29, 0.717) is 27.3 Å². The fraction of sp³-hybridized carbons (Fsp3) is 0.294. The summed E-state index contributed by atoms with van der Waals surface area (Å²) >= 11 is 11.9. The lowest BCUT2D eigenvalue weighted by Crippen LogP contribution is -2.16. The number of anilines is 2. The quantitative estimate of drug-likeness (QED) is 0.816. The summed E-state index contributed by atoms with van der Waals surface area (Å²) in [4.78, 5) is 16.5. The molecule has 4 nitrogen and oxygen atoms in total. The summed E-state index contributed by atoms with van der Waals surface area (Å²) in [6.45, 7) is 0. The zero-order chi connectivity index (χ0) is 16.2. The largest absolute Gasteiger partial charge is 0.381 e. The van der Waals surface area contributed by atoms with Crippen LogP contribution in [0, 0.1) is 0 Å². The normalized spacial score (nSPS) is 14.7. The van der Waals surface area contributed by atoms with Crippen molar-refractivity contribution in [2.75, 3.05) is 10.6 Å². The molecule has 1 aromatic heterocycles. The van der Waals surface area contributed by atoms with E-state index in [1.807, 2.05) is 6.07 Å². The molecule has 1 aliphatic rings. The molecule has 0 radical (unpaired) electrons. The van der Waals surface area contributed by atoms with Gasteiger partial charge >= 0.3 is 0 Å². The third kappa shape index (κ3) is 4.36. The average molecular weight is 350 g/mol. The first-order valence-corrected chi connectivity index (χ1v) is 8.35. The highest BCUT2D eigenvalue weighted by Crippen LogP contribution is 2.24. The standard InChI is InChI=1S/C17H17Cl2N3O/c18-12-6-13(19)8-15(7-12)22-17(23)11-5-16(10-20-9-11)21-14-3-1-2-4-14/h5-10,14,21H,1-4H2,(H,22,23). The van der Waals surface area contributed by atoms with Crippen molar-refractivity contribution in [3.63, 3.8) is 0 Å². The Balaban J connectivity index is 1.71. The molecular formula is C17H17Cl2N3O. The first kappa shape index (κ1) is 16.1. The van der Waals surface area contributed by atoms with Crippen LogP contribution in [-0.2, 0) is 0 Å². The summed E-state index contributed by atoms with van der Waals surface area (Å²) in [5.41, 5.74) is 1.92. The third-order valence-electron chi connectivity index (χ3n) is 3.85. The molecule has 2 N–H and O–H groups in total. The van der Waals surface area contributed by atoms with Crippen LogP contribution in [0.3, 0.4) is 0 Å². The molecule has 1 amide bonds. The fourth-order valence-corrected chi connectivity index (χ4v) is 3.30. The SMILES string of the molecule is O=C(Nc1cc(Cl)cc(Cl)c1)c1cncc(NC2CCCC2)c1. The van der Waals surface area contributed by atoms with Gasteiger partial charge in [0.25, 0.3) is 5.91 Å². The Morgan fingerprint density at radius 1 is 1.00 bits per heavy atom. The highest BCUT2D eigenvalue weighted by atomic mass is 35.5. The van der Waals surface area contributed by atoms with E-state index in [1.54, 1.807) is 30.6 Å². The lowest BCUT2D eigenvalue weighted by atomic mass is 10.2. The van der Waals surface area contributed by atoms with Crippen LogP contribution < -0.4 is 10.6 Å². The number of benzene rings is 1. The van der Waals surface area contributed by atoms with Crippen molar-refractivity contribution >= 4 is 40.5 Å². The van der Waals surface area contributed by atoms with Gasteiger partial charge in [0, 0.05) is 34.2 Å². The van der Waals surface area contributed by atoms with E-state index < -0.39 is 0 Å². The zero-order valence-corrected chi connectivity index (χ0v) is 14.0. The topological polar surface area (TPSA) is 54.0 Å². The molecule has 0 saturated heterocycles. The Kier molecular flexibility index (Phi) is 5.03. The van der Waals surface area contributed by atoms with Crippen LogP contribution >= 0.6 is 23.2 Å². The Labute approximate surface area is 145 Å². The van der Waals surface area contributed by atoms with E-state index in [9.17, 15) is 4.79 Å². The molecule has 0 unspecified atom stereocenters. The summed E-state index contributed by atoms with van der Waals surface area (Å²) in [6, 6.07) is 7.21. The van der Waals surface area contributed by atoms with Gasteiger partial charge in [0.2, 0.25) is 0 Å². The Morgan fingerprint density at radius 2 is 1.70 bits per heavy atom. The molecule has 1 heterocycles. The highest BCUT2D eigenvalue weighted by Gasteiger charge is 2.15. The number of hydrogen-bond donors (Lipinski definition) is 2. The van der Waals surface area contributed by atoms with Crippen LogP contribution in [0.1, 0.15) is 36.0 Å². The summed E-state index contributed by atoms with van der Waals surface area (Å²) < 4.78 is 0. The molecule has 6 heteroatoms. The molecule has 0 bridgehead atoms. The van der Waals surface area contributed by atoms with Crippen molar-refractivity contribution in [2.45, 2.75) is 31.7 Å². The van der Waals surface area contributed by atoms with E-state index in [4.69, 9.17) is 23.2 Å². The van der Waals surface area contributed by atoms with E-state index in [0.717, 1.165) is 18.5 Å². The molecule has 2 aromatic rings. The Hall–Kier alpha value is -1.78. The maximum atomic E-state index is 12.4. The zero-order valence-electron chi connectivity index (χ0n) is 12.5. The van der Waals surface area contributed by atoms with Crippen LogP contribution in [0.25, 0.3) is 0 Å². The lowest BCUT2D eigenvalue weighted by Gasteiger charge is -2.14. The molecule has 1 fully saturated rings. The maximum absolute atomic E-state index is 12.4.